The fraction of sp³-hybridized carbons (Fsp3) is 0.267. The van der Waals surface area contributed by atoms with Crippen molar-refractivity contribution in [1.29, 1.82) is 0 Å². The Morgan fingerprint density at radius 1 is 1.24 bits per heavy atom. The third kappa shape index (κ3) is 1.62. The molecule has 0 bridgehead atoms. The van der Waals surface area contributed by atoms with E-state index >= 15 is 0 Å². The van der Waals surface area contributed by atoms with Crippen molar-refractivity contribution in [3.63, 3.8) is 0 Å². The van der Waals surface area contributed by atoms with Crippen LogP contribution in [0.4, 0.5) is 0 Å². The van der Waals surface area contributed by atoms with E-state index in [-0.39, 0.29) is 18.4 Å². The summed E-state index contributed by atoms with van der Waals surface area (Å²) in [4.78, 5) is 23.8. The standard InChI is InChI=1S/C15H13N3O3/c19-12-6-7-15(14(20)17-12)9-21-11-8-16-18(13(11)15)10-4-2-1-3-5-10/h1-5,8H,6-7,9H2,(H,17,19,20). The van der Waals surface area contributed by atoms with E-state index in [1.165, 1.54) is 0 Å². The number of hydrogen-bond donors (Lipinski definition) is 1. The molecule has 1 N–H and O–H groups in total. The molecule has 1 spiro atoms. The number of ether oxygens (including phenoxy) is 1. The van der Waals surface area contributed by atoms with Crippen molar-refractivity contribution in [1.82, 2.24) is 15.1 Å². The summed E-state index contributed by atoms with van der Waals surface area (Å²) < 4.78 is 7.38. The molecule has 1 saturated heterocycles. The fourth-order valence-electron chi connectivity index (χ4n) is 3.02. The minimum absolute atomic E-state index is 0.232. The van der Waals surface area contributed by atoms with Crippen molar-refractivity contribution >= 4 is 11.8 Å². The van der Waals surface area contributed by atoms with E-state index in [4.69, 9.17) is 4.74 Å². The second-order valence-corrected chi connectivity index (χ2v) is 5.35. The molecule has 1 aromatic heterocycles. The Labute approximate surface area is 120 Å². The molecular weight excluding hydrogens is 270 g/mol. The van der Waals surface area contributed by atoms with Crippen LogP contribution in [0.25, 0.3) is 5.69 Å². The van der Waals surface area contributed by atoms with Crippen LogP contribution in [0.1, 0.15) is 18.5 Å². The molecule has 0 radical (unpaired) electrons. The maximum atomic E-state index is 12.4. The molecule has 2 aliphatic heterocycles. The van der Waals surface area contributed by atoms with E-state index in [0.29, 0.717) is 18.6 Å². The van der Waals surface area contributed by atoms with Gasteiger partial charge < -0.3 is 4.74 Å². The first-order valence-electron chi connectivity index (χ1n) is 6.82. The molecule has 6 nitrogen and oxygen atoms in total. The summed E-state index contributed by atoms with van der Waals surface area (Å²) in [7, 11) is 0. The van der Waals surface area contributed by atoms with Gasteiger partial charge in [-0.1, -0.05) is 18.2 Å². The quantitative estimate of drug-likeness (QED) is 0.790. The normalized spacial score (nSPS) is 23.8. The zero-order valence-electron chi connectivity index (χ0n) is 11.2. The van der Waals surface area contributed by atoms with Gasteiger partial charge in [-0.05, 0) is 18.6 Å². The summed E-state index contributed by atoms with van der Waals surface area (Å²) in [6.07, 6.45) is 2.39. The monoisotopic (exact) mass is 283 g/mol. The van der Waals surface area contributed by atoms with Crippen LogP contribution >= 0.6 is 0 Å². The lowest BCUT2D eigenvalue weighted by molar-refractivity contribution is -0.138. The van der Waals surface area contributed by atoms with Crippen molar-refractivity contribution in [2.24, 2.45) is 0 Å². The molecular formula is C15H13N3O3. The lowest BCUT2D eigenvalue weighted by atomic mass is 9.78. The largest absolute Gasteiger partial charge is 0.488 e. The van der Waals surface area contributed by atoms with Crippen molar-refractivity contribution in [2.75, 3.05) is 6.61 Å². The first-order valence-corrected chi connectivity index (χ1v) is 6.82. The second kappa shape index (κ2) is 4.18. The maximum Gasteiger partial charge on any atom is 0.242 e. The van der Waals surface area contributed by atoms with Crippen LogP contribution in [0.3, 0.4) is 0 Å². The minimum Gasteiger partial charge on any atom is -0.488 e. The number of benzene rings is 1. The van der Waals surface area contributed by atoms with Crippen LogP contribution < -0.4 is 10.1 Å². The minimum atomic E-state index is -0.824. The summed E-state index contributed by atoms with van der Waals surface area (Å²) in [6.45, 7) is 0.256. The second-order valence-electron chi connectivity index (χ2n) is 5.35. The molecule has 106 valence electrons. The van der Waals surface area contributed by atoms with Crippen LogP contribution in [0.15, 0.2) is 36.5 Å². The Morgan fingerprint density at radius 3 is 2.81 bits per heavy atom. The molecule has 1 atom stereocenters. The molecule has 3 heterocycles. The van der Waals surface area contributed by atoms with Gasteiger partial charge in [0.2, 0.25) is 11.8 Å². The molecule has 2 aromatic rings. The number of amides is 2. The molecule has 21 heavy (non-hydrogen) atoms. The molecule has 1 unspecified atom stereocenters. The van der Waals surface area contributed by atoms with E-state index < -0.39 is 5.41 Å². The van der Waals surface area contributed by atoms with Gasteiger partial charge in [0.05, 0.1) is 11.9 Å². The molecule has 6 heteroatoms. The van der Waals surface area contributed by atoms with Crippen LogP contribution in [0, 0.1) is 0 Å². The van der Waals surface area contributed by atoms with Crippen LogP contribution in [0.2, 0.25) is 0 Å². The number of rotatable bonds is 1. The van der Waals surface area contributed by atoms with E-state index in [0.717, 1.165) is 11.4 Å². The van der Waals surface area contributed by atoms with Gasteiger partial charge in [-0.2, -0.15) is 5.10 Å². The van der Waals surface area contributed by atoms with Gasteiger partial charge in [0, 0.05) is 6.42 Å². The Balaban J connectivity index is 1.87. The van der Waals surface area contributed by atoms with E-state index in [2.05, 4.69) is 10.4 Å². The number of imide groups is 1. The predicted octanol–water partition coefficient (Wildman–Crippen LogP) is 0.939. The molecule has 1 aromatic carbocycles. The molecule has 2 amide bonds. The highest BCUT2D eigenvalue weighted by Gasteiger charge is 2.53. The van der Waals surface area contributed by atoms with Gasteiger partial charge in [-0.25, -0.2) is 4.68 Å². The summed E-state index contributed by atoms with van der Waals surface area (Å²) >= 11 is 0. The lowest BCUT2D eigenvalue weighted by Crippen LogP contribution is -2.53. The van der Waals surface area contributed by atoms with Gasteiger partial charge >= 0.3 is 0 Å². The van der Waals surface area contributed by atoms with Crippen molar-refractivity contribution < 1.29 is 14.3 Å². The number of carbonyl (C=O) groups is 2. The van der Waals surface area contributed by atoms with Gasteiger partial charge in [0.15, 0.2) is 5.75 Å². The Kier molecular flexibility index (Phi) is 2.42. The summed E-state index contributed by atoms with van der Waals surface area (Å²) in [5.74, 6) is 0.0865. The number of carbonyl (C=O) groups excluding carboxylic acids is 2. The highest BCUT2D eigenvalue weighted by Crippen LogP contribution is 2.44. The summed E-state index contributed by atoms with van der Waals surface area (Å²) in [5.41, 5.74) is 0.780. The van der Waals surface area contributed by atoms with Gasteiger partial charge in [-0.15, -0.1) is 0 Å². The molecule has 2 aliphatic rings. The predicted molar refractivity (Wildman–Crippen MR) is 73.1 cm³/mol. The highest BCUT2D eigenvalue weighted by atomic mass is 16.5. The van der Waals surface area contributed by atoms with Crippen LogP contribution in [-0.2, 0) is 15.0 Å². The Morgan fingerprint density at radius 2 is 2.05 bits per heavy atom. The van der Waals surface area contributed by atoms with Crippen LogP contribution in [-0.4, -0.2) is 28.2 Å². The third-order valence-corrected chi connectivity index (χ3v) is 4.13. The van der Waals surface area contributed by atoms with Crippen molar-refractivity contribution in [2.45, 2.75) is 18.3 Å². The molecule has 1 fully saturated rings. The average molecular weight is 283 g/mol. The van der Waals surface area contributed by atoms with E-state index in [9.17, 15) is 9.59 Å². The van der Waals surface area contributed by atoms with Crippen molar-refractivity contribution in [3.05, 3.63) is 42.2 Å². The number of hydrogen-bond acceptors (Lipinski definition) is 4. The first-order chi connectivity index (χ1) is 10.2. The highest BCUT2D eigenvalue weighted by molar-refractivity contribution is 6.04. The average Bonchev–Trinajstić information content (AvgIpc) is 3.06. The number of nitrogens with zero attached hydrogens (tertiary/aromatic N) is 2. The lowest BCUT2D eigenvalue weighted by Gasteiger charge is -2.30. The van der Waals surface area contributed by atoms with Crippen LogP contribution in [0.5, 0.6) is 5.75 Å². The molecule has 4 rings (SSSR count). The van der Waals surface area contributed by atoms with E-state index in [1.807, 2.05) is 30.3 Å². The van der Waals surface area contributed by atoms with Crippen molar-refractivity contribution in [3.8, 4) is 11.4 Å². The SMILES string of the molecule is O=C1CCC2(COc3cnn(-c4ccccc4)c32)C(=O)N1. The zero-order chi connectivity index (χ0) is 14.4. The molecule has 0 saturated carbocycles. The summed E-state index contributed by atoms with van der Waals surface area (Å²) in [6, 6.07) is 9.59. The number of aromatic nitrogens is 2. The van der Waals surface area contributed by atoms with Gasteiger partial charge in [-0.3, -0.25) is 14.9 Å². The molecule has 0 aliphatic carbocycles. The number of fused-ring (bicyclic) bond motifs is 2. The number of para-hydroxylation sites is 1. The maximum absolute atomic E-state index is 12.4. The Bertz CT molecular complexity index is 738. The number of nitrogens with one attached hydrogen (secondary N) is 1. The van der Waals surface area contributed by atoms with E-state index in [1.54, 1.807) is 10.9 Å². The third-order valence-electron chi connectivity index (χ3n) is 4.13. The zero-order valence-corrected chi connectivity index (χ0v) is 11.2. The first kappa shape index (κ1) is 12.1. The smallest absolute Gasteiger partial charge is 0.242 e. The van der Waals surface area contributed by atoms with Gasteiger partial charge in [0.25, 0.3) is 0 Å². The number of piperidine rings is 1. The fourth-order valence-corrected chi connectivity index (χ4v) is 3.02. The summed E-state index contributed by atoms with van der Waals surface area (Å²) in [5, 5.41) is 6.76. The Hall–Kier alpha value is -2.63. The van der Waals surface area contributed by atoms with Gasteiger partial charge in [0.1, 0.15) is 17.7 Å². The topological polar surface area (TPSA) is 73.2 Å².